The molecule has 2 aliphatic rings. The highest BCUT2D eigenvalue weighted by atomic mass is 28.3. The largest absolute Gasteiger partial charge is 0.573 e. The van der Waals surface area contributed by atoms with Crippen molar-refractivity contribution in [2.24, 2.45) is 11.8 Å². The zero-order valence-electron chi connectivity index (χ0n) is 17.1. The van der Waals surface area contributed by atoms with Gasteiger partial charge in [0.1, 0.15) is 5.75 Å². The number of rotatable bonds is 7. The van der Waals surface area contributed by atoms with Crippen LogP contribution in [0.5, 0.6) is 5.75 Å². The van der Waals surface area contributed by atoms with Gasteiger partial charge in [0.2, 0.25) is 0 Å². The van der Waals surface area contributed by atoms with Gasteiger partial charge in [-0.05, 0) is 55.1 Å². The molecule has 2 fully saturated rings. The zero-order valence-corrected chi connectivity index (χ0v) is 18.1. The van der Waals surface area contributed by atoms with E-state index in [1.54, 1.807) is 6.07 Å². The molecule has 0 aromatic heterocycles. The van der Waals surface area contributed by atoms with Gasteiger partial charge in [0.15, 0.2) is 0 Å². The predicted molar refractivity (Wildman–Crippen MR) is 110 cm³/mol. The summed E-state index contributed by atoms with van der Waals surface area (Å²) in [6, 6.07) is 11.2. The van der Waals surface area contributed by atoms with Crippen LogP contribution in [0.2, 0.25) is 18.1 Å². The van der Waals surface area contributed by atoms with Crippen molar-refractivity contribution in [3.05, 3.63) is 29.8 Å². The van der Waals surface area contributed by atoms with Gasteiger partial charge in [0, 0.05) is 8.80 Å². The molecule has 1 saturated carbocycles. The Hall–Kier alpha value is -0.973. The topological polar surface area (TPSA) is 9.23 Å². The number of benzene rings is 1. The Morgan fingerprint density at radius 1 is 0.929 bits per heavy atom. The maximum absolute atomic E-state index is 12.7. The number of alkyl halides is 3. The van der Waals surface area contributed by atoms with E-state index in [4.69, 9.17) is 0 Å². The van der Waals surface area contributed by atoms with Gasteiger partial charge in [-0.2, -0.15) is 0 Å². The van der Waals surface area contributed by atoms with E-state index >= 15 is 0 Å². The molecule has 0 N–H and O–H groups in total. The molecule has 28 heavy (non-hydrogen) atoms. The van der Waals surface area contributed by atoms with Crippen molar-refractivity contribution in [1.82, 2.24) is 0 Å². The lowest BCUT2D eigenvalue weighted by Crippen LogP contribution is -2.28. The van der Waals surface area contributed by atoms with Crippen LogP contribution < -0.4 is 4.74 Å². The maximum atomic E-state index is 12.7. The minimum absolute atomic E-state index is 0.00422. The minimum atomic E-state index is -4.62. The third-order valence-corrected chi connectivity index (χ3v) is 9.95. The fourth-order valence-electron chi connectivity index (χ4n) is 5.33. The third-order valence-electron chi connectivity index (χ3n) is 6.89. The third kappa shape index (κ3) is 6.26. The first-order valence-electron chi connectivity index (χ1n) is 11.1. The summed E-state index contributed by atoms with van der Waals surface area (Å²) in [7, 11) is -0.0897. The lowest BCUT2D eigenvalue weighted by molar-refractivity contribution is -0.275. The van der Waals surface area contributed by atoms with Gasteiger partial charge in [-0.1, -0.05) is 75.4 Å². The molecule has 1 aromatic carbocycles. The maximum Gasteiger partial charge on any atom is 0.573 e. The Kier molecular flexibility index (Phi) is 7.90. The smallest absolute Gasteiger partial charge is 0.405 e. The first kappa shape index (κ1) is 21.7. The van der Waals surface area contributed by atoms with Gasteiger partial charge in [0.25, 0.3) is 0 Å². The van der Waals surface area contributed by atoms with Crippen LogP contribution in [-0.2, 0) is 0 Å². The van der Waals surface area contributed by atoms with E-state index in [0.717, 1.165) is 43.1 Å². The van der Waals surface area contributed by atoms with E-state index in [2.05, 4.69) is 11.7 Å². The Labute approximate surface area is 169 Å². The van der Waals surface area contributed by atoms with E-state index in [1.807, 2.05) is 12.1 Å². The highest BCUT2D eigenvalue weighted by Crippen LogP contribution is 2.45. The van der Waals surface area contributed by atoms with Crippen molar-refractivity contribution in [3.8, 4) is 5.75 Å². The molecule has 1 aromatic rings. The molecule has 0 bridgehead atoms. The van der Waals surface area contributed by atoms with E-state index in [0.29, 0.717) is 0 Å². The number of hydrogen-bond acceptors (Lipinski definition) is 1. The van der Waals surface area contributed by atoms with E-state index in [1.165, 1.54) is 56.3 Å². The average molecular weight is 412 g/mol. The molecule has 1 aliphatic heterocycles. The zero-order chi connectivity index (χ0) is 20.0. The first-order chi connectivity index (χ1) is 13.5. The molecule has 1 nitrogen and oxygen atoms in total. The molecule has 1 saturated heterocycles. The van der Waals surface area contributed by atoms with Crippen molar-refractivity contribution in [2.45, 2.75) is 95.1 Å². The quantitative estimate of drug-likeness (QED) is 0.327. The highest BCUT2D eigenvalue weighted by molar-refractivity contribution is 6.58. The molecule has 0 atom stereocenters. The fourth-order valence-corrected chi connectivity index (χ4v) is 8.39. The van der Waals surface area contributed by atoms with Gasteiger partial charge >= 0.3 is 6.36 Å². The molecule has 0 unspecified atom stereocenters. The lowest BCUT2D eigenvalue weighted by Gasteiger charge is -2.38. The molecule has 1 heterocycles. The highest BCUT2D eigenvalue weighted by Gasteiger charge is 2.35. The van der Waals surface area contributed by atoms with Crippen molar-refractivity contribution in [1.29, 1.82) is 0 Å². The van der Waals surface area contributed by atoms with Gasteiger partial charge in [-0.3, -0.25) is 0 Å². The van der Waals surface area contributed by atoms with E-state index in [9.17, 15) is 13.2 Å². The Morgan fingerprint density at radius 3 is 2.21 bits per heavy atom. The van der Waals surface area contributed by atoms with Gasteiger partial charge in [-0.25, -0.2) is 0 Å². The van der Waals surface area contributed by atoms with Crippen LogP contribution in [0.4, 0.5) is 13.2 Å². The molecule has 0 amide bonds. The lowest BCUT2D eigenvalue weighted by atomic mass is 9.72. The molecule has 0 spiro atoms. The molecular weight excluding hydrogens is 377 g/mol. The Morgan fingerprint density at radius 2 is 1.57 bits per heavy atom. The second-order valence-electron chi connectivity index (χ2n) is 8.74. The Balaban J connectivity index is 1.48. The number of hydrogen-bond donors (Lipinski definition) is 0. The van der Waals surface area contributed by atoms with E-state index in [-0.39, 0.29) is 20.5 Å². The number of para-hydroxylation sites is 1. The predicted octanol–water partition coefficient (Wildman–Crippen LogP) is 7.95. The number of unbranched alkanes of at least 4 members (excludes halogenated alkanes) is 2. The summed E-state index contributed by atoms with van der Waals surface area (Å²) in [6.07, 6.45) is 6.64. The summed E-state index contributed by atoms with van der Waals surface area (Å²) in [5.41, 5.74) is 0.739. The summed E-state index contributed by atoms with van der Waals surface area (Å²) < 4.78 is 42.4. The summed E-state index contributed by atoms with van der Waals surface area (Å²) in [4.78, 5) is 0. The van der Waals surface area contributed by atoms with Crippen LogP contribution in [0, 0.1) is 11.8 Å². The second kappa shape index (κ2) is 10.2. The van der Waals surface area contributed by atoms with E-state index < -0.39 is 6.36 Å². The van der Waals surface area contributed by atoms with Crippen molar-refractivity contribution < 1.29 is 17.9 Å². The summed E-state index contributed by atoms with van der Waals surface area (Å²) in [6.45, 7) is 2.28. The van der Waals surface area contributed by atoms with Crippen LogP contribution in [0.1, 0.15) is 76.2 Å². The fraction of sp³-hybridized carbons (Fsp3) is 0.739. The van der Waals surface area contributed by atoms with Crippen molar-refractivity contribution in [3.63, 3.8) is 0 Å². The van der Waals surface area contributed by atoms with Gasteiger partial charge in [-0.15, -0.1) is 13.2 Å². The molecule has 5 heteroatoms. The van der Waals surface area contributed by atoms with Crippen LogP contribution in [-0.4, -0.2) is 15.2 Å². The summed E-state index contributed by atoms with van der Waals surface area (Å²) in [5, 5.41) is 0. The van der Waals surface area contributed by atoms with Gasteiger partial charge in [0.05, 0.1) is 0 Å². The van der Waals surface area contributed by atoms with Crippen molar-refractivity contribution in [2.75, 3.05) is 0 Å². The molecule has 1 radical (unpaired) electrons. The van der Waals surface area contributed by atoms with Crippen LogP contribution in [0.15, 0.2) is 24.3 Å². The number of ether oxygens (including phenoxy) is 1. The standard InChI is InChI=1S/C23H34F3OSi/c1-2-3-6-15-28-16-13-19(14-17-28)18-9-11-20(12-10-18)21-7-4-5-8-22(21)27-23(24,25)26/h4-5,7-8,18-20H,2-3,6,9-17H2,1H3. The molecule has 1 aliphatic carbocycles. The van der Waals surface area contributed by atoms with Crippen LogP contribution >= 0.6 is 0 Å². The van der Waals surface area contributed by atoms with Crippen molar-refractivity contribution >= 4 is 8.80 Å². The molecular formula is C23H34F3OSi. The first-order valence-corrected chi connectivity index (χ1v) is 13.3. The normalized spacial score (nSPS) is 25.0. The molecule has 157 valence electrons. The van der Waals surface area contributed by atoms with Crippen LogP contribution in [0.25, 0.3) is 0 Å². The average Bonchev–Trinajstić information content (AvgIpc) is 2.68. The molecule has 3 rings (SSSR count). The number of halogens is 3. The SMILES string of the molecule is CCCCC[Si]1CCC(C2CCC(c3ccccc3OC(F)(F)F)CC2)CC1. The monoisotopic (exact) mass is 411 g/mol. The second-order valence-corrected chi connectivity index (χ2v) is 11.7. The Bertz CT molecular complexity index is 588. The summed E-state index contributed by atoms with van der Waals surface area (Å²) in [5.74, 6) is 1.84. The van der Waals surface area contributed by atoms with Crippen LogP contribution in [0.3, 0.4) is 0 Å². The minimum Gasteiger partial charge on any atom is -0.405 e. The summed E-state index contributed by atoms with van der Waals surface area (Å²) >= 11 is 0. The van der Waals surface area contributed by atoms with Gasteiger partial charge < -0.3 is 4.74 Å².